The maximum absolute atomic E-state index is 12.4. The van der Waals surface area contributed by atoms with Crippen LogP contribution in [0.2, 0.25) is 0 Å². The van der Waals surface area contributed by atoms with E-state index in [1.807, 2.05) is 6.07 Å². The predicted octanol–water partition coefficient (Wildman–Crippen LogP) is 3.03. The van der Waals surface area contributed by atoms with Crippen molar-refractivity contribution in [1.82, 2.24) is 0 Å². The molecule has 1 N–H and O–H groups in total. The van der Waals surface area contributed by atoms with E-state index < -0.39 is 5.92 Å². The molecule has 0 heterocycles. The SMILES string of the molecule is COc1ccc(NC(=O)[C@@H](C#N)Cc2ccc(OC)c(OC)c2)cc1. The zero-order valence-corrected chi connectivity index (χ0v) is 14.4. The van der Waals surface area contributed by atoms with Crippen molar-refractivity contribution in [2.75, 3.05) is 26.6 Å². The second-order valence-corrected chi connectivity index (χ2v) is 5.29. The number of anilines is 1. The number of methoxy groups -OCH3 is 3. The predicted molar refractivity (Wildman–Crippen MR) is 94.0 cm³/mol. The highest BCUT2D eigenvalue weighted by atomic mass is 16.5. The molecular formula is C19H20N2O4. The molecule has 0 fully saturated rings. The van der Waals surface area contributed by atoms with Crippen LogP contribution in [0, 0.1) is 17.2 Å². The van der Waals surface area contributed by atoms with Gasteiger partial charge in [0.05, 0.1) is 27.4 Å². The van der Waals surface area contributed by atoms with Gasteiger partial charge in [-0.1, -0.05) is 6.07 Å². The number of nitriles is 1. The van der Waals surface area contributed by atoms with Crippen LogP contribution in [0.25, 0.3) is 0 Å². The smallest absolute Gasteiger partial charge is 0.242 e. The molecule has 130 valence electrons. The number of nitrogens with zero attached hydrogens (tertiary/aromatic N) is 1. The quantitative estimate of drug-likeness (QED) is 0.838. The molecule has 1 atom stereocenters. The number of hydrogen-bond acceptors (Lipinski definition) is 5. The van der Waals surface area contributed by atoms with Gasteiger partial charge in [-0.15, -0.1) is 0 Å². The Morgan fingerprint density at radius 3 is 2.28 bits per heavy atom. The van der Waals surface area contributed by atoms with Gasteiger partial charge in [0.25, 0.3) is 0 Å². The number of hydrogen-bond donors (Lipinski definition) is 1. The Morgan fingerprint density at radius 2 is 1.72 bits per heavy atom. The summed E-state index contributed by atoms with van der Waals surface area (Å²) in [5.41, 5.74) is 1.42. The van der Waals surface area contributed by atoms with Gasteiger partial charge in [-0.25, -0.2) is 0 Å². The van der Waals surface area contributed by atoms with Crippen molar-refractivity contribution < 1.29 is 19.0 Å². The molecule has 2 rings (SSSR count). The number of carbonyl (C=O) groups excluding carboxylic acids is 1. The molecule has 25 heavy (non-hydrogen) atoms. The van der Waals surface area contributed by atoms with Crippen molar-refractivity contribution >= 4 is 11.6 Å². The van der Waals surface area contributed by atoms with Gasteiger partial charge in [0.15, 0.2) is 11.5 Å². The molecular weight excluding hydrogens is 320 g/mol. The third-order valence-corrected chi connectivity index (χ3v) is 3.72. The van der Waals surface area contributed by atoms with Gasteiger partial charge in [0, 0.05) is 5.69 Å². The third-order valence-electron chi connectivity index (χ3n) is 3.72. The molecule has 1 amide bonds. The van der Waals surface area contributed by atoms with Crippen LogP contribution >= 0.6 is 0 Å². The minimum absolute atomic E-state index is 0.277. The molecule has 0 saturated heterocycles. The third kappa shape index (κ3) is 4.64. The van der Waals surface area contributed by atoms with Crippen LogP contribution in [-0.2, 0) is 11.2 Å². The second-order valence-electron chi connectivity index (χ2n) is 5.29. The van der Waals surface area contributed by atoms with Crippen LogP contribution in [-0.4, -0.2) is 27.2 Å². The van der Waals surface area contributed by atoms with E-state index in [-0.39, 0.29) is 12.3 Å². The van der Waals surface area contributed by atoms with Gasteiger partial charge in [-0.2, -0.15) is 5.26 Å². The number of ether oxygens (including phenoxy) is 3. The molecule has 0 aromatic heterocycles. The largest absolute Gasteiger partial charge is 0.497 e. The van der Waals surface area contributed by atoms with Crippen molar-refractivity contribution in [3.8, 4) is 23.3 Å². The number of benzene rings is 2. The Kier molecular flexibility index (Phi) is 6.24. The monoisotopic (exact) mass is 340 g/mol. The summed E-state index contributed by atoms with van der Waals surface area (Å²) in [5.74, 6) is 0.678. The maximum atomic E-state index is 12.4. The fourth-order valence-electron chi connectivity index (χ4n) is 2.34. The molecule has 0 aliphatic carbocycles. The van der Waals surface area contributed by atoms with Crippen LogP contribution < -0.4 is 19.5 Å². The van der Waals surface area contributed by atoms with Crippen molar-refractivity contribution in [2.24, 2.45) is 5.92 Å². The van der Waals surface area contributed by atoms with E-state index in [0.717, 1.165) is 5.56 Å². The van der Waals surface area contributed by atoms with Crippen molar-refractivity contribution in [3.05, 3.63) is 48.0 Å². The van der Waals surface area contributed by atoms with Crippen LogP contribution in [0.4, 0.5) is 5.69 Å². The molecule has 0 spiro atoms. The first kappa shape index (κ1) is 18.1. The van der Waals surface area contributed by atoms with E-state index in [1.165, 1.54) is 0 Å². The first-order valence-corrected chi connectivity index (χ1v) is 7.66. The first-order valence-electron chi connectivity index (χ1n) is 7.66. The number of nitrogens with one attached hydrogen (secondary N) is 1. The van der Waals surface area contributed by atoms with Gasteiger partial charge < -0.3 is 19.5 Å². The zero-order chi connectivity index (χ0) is 18.2. The fourth-order valence-corrected chi connectivity index (χ4v) is 2.34. The van der Waals surface area contributed by atoms with E-state index in [9.17, 15) is 10.1 Å². The van der Waals surface area contributed by atoms with Gasteiger partial charge in [-0.3, -0.25) is 4.79 Å². The summed E-state index contributed by atoms with van der Waals surface area (Å²) in [4.78, 5) is 12.4. The topological polar surface area (TPSA) is 80.6 Å². The fraction of sp³-hybridized carbons (Fsp3) is 0.263. The standard InChI is InChI=1S/C19H20N2O4/c1-23-16-7-5-15(6-8-16)21-19(22)14(12-20)10-13-4-9-17(24-2)18(11-13)25-3/h4-9,11,14H,10H2,1-3H3,(H,21,22)/t14-/m1/s1. The lowest BCUT2D eigenvalue weighted by molar-refractivity contribution is -0.118. The molecule has 0 unspecified atom stereocenters. The molecule has 2 aromatic rings. The number of amides is 1. The van der Waals surface area contributed by atoms with E-state index in [1.54, 1.807) is 57.7 Å². The summed E-state index contributed by atoms with van der Waals surface area (Å²) in [6, 6.07) is 14.3. The second kappa shape index (κ2) is 8.60. The van der Waals surface area contributed by atoms with Gasteiger partial charge in [-0.05, 0) is 48.4 Å². The lowest BCUT2D eigenvalue weighted by Crippen LogP contribution is -2.23. The molecule has 6 heteroatoms. The lowest BCUT2D eigenvalue weighted by atomic mass is 9.99. The summed E-state index contributed by atoms with van der Waals surface area (Å²) < 4.78 is 15.5. The average molecular weight is 340 g/mol. The zero-order valence-electron chi connectivity index (χ0n) is 14.4. The lowest BCUT2D eigenvalue weighted by Gasteiger charge is -2.13. The van der Waals surface area contributed by atoms with E-state index in [0.29, 0.717) is 22.9 Å². The van der Waals surface area contributed by atoms with Crippen molar-refractivity contribution in [1.29, 1.82) is 5.26 Å². The van der Waals surface area contributed by atoms with Gasteiger partial charge >= 0.3 is 0 Å². The molecule has 0 bridgehead atoms. The molecule has 6 nitrogen and oxygen atoms in total. The molecule has 0 aliphatic rings. The summed E-state index contributed by atoms with van der Waals surface area (Å²) in [7, 11) is 4.67. The minimum atomic E-state index is -0.819. The highest BCUT2D eigenvalue weighted by Gasteiger charge is 2.19. The normalized spacial score (nSPS) is 11.1. The first-order chi connectivity index (χ1) is 12.1. The molecule has 0 aliphatic heterocycles. The Labute approximate surface area is 146 Å². The van der Waals surface area contributed by atoms with E-state index in [2.05, 4.69) is 11.4 Å². The Morgan fingerprint density at radius 1 is 1.04 bits per heavy atom. The maximum Gasteiger partial charge on any atom is 0.242 e. The molecule has 0 radical (unpaired) electrons. The van der Waals surface area contributed by atoms with Crippen molar-refractivity contribution in [2.45, 2.75) is 6.42 Å². The Hall–Kier alpha value is -3.20. The van der Waals surface area contributed by atoms with Crippen molar-refractivity contribution in [3.63, 3.8) is 0 Å². The van der Waals surface area contributed by atoms with Gasteiger partial charge in [0.2, 0.25) is 5.91 Å². The highest BCUT2D eigenvalue weighted by molar-refractivity contribution is 5.94. The van der Waals surface area contributed by atoms with Crippen LogP contribution in [0.5, 0.6) is 17.2 Å². The number of rotatable bonds is 7. The molecule has 2 aromatic carbocycles. The van der Waals surface area contributed by atoms with Crippen LogP contribution in [0.15, 0.2) is 42.5 Å². The summed E-state index contributed by atoms with van der Waals surface area (Å²) in [6.45, 7) is 0. The Bertz CT molecular complexity index is 766. The van der Waals surface area contributed by atoms with Gasteiger partial charge in [0.1, 0.15) is 11.7 Å². The average Bonchev–Trinajstić information content (AvgIpc) is 2.66. The summed E-state index contributed by atoms with van der Waals surface area (Å²) in [5, 5.41) is 12.1. The van der Waals surface area contributed by atoms with E-state index >= 15 is 0 Å². The minimum Gasteiger partial charge on any atom is -0.497 e. The number of carbonyl (C=O) groups is 1. The van der Waals surface area contributed by atoms with Crippen LogP contribution in [0.1, 0.15) is 5.56 Å². The van der Waals surface area contributed by atoms with Crippen LogP contribution in [0.3, 0.4) is 0 Å². The summed E-state index contributed by atoms with van der Waals surface area (Å²) in [6.07, 6.45) is 0.277. The van der Waals surface area contributed by atoms with E-state index in [4.69, 9.17) is 14.2 Å². The molecule has 0 saturated carbocycles. The Balaban J connectivity index is 2.08. The summed E-state index contributed by atoms with van der Waals surface area (Å²) >= 11 is 0. The highest BCUT2D eigenvalue weighted by Crippen LogP contribution is 2.28.